The molecule has 0 aromatic heterocycles. The topological polar surface area (TPSA) is 0 Å². The van der Waals surface area contributed by atoms with Crippen molar-refractivity contribution >= 4 is 16.3 Å². The number of rotatable bonds is 1. The van der Waals surface area contributed by atoms with Crippen LogP contribution in [-0.4, -0.2) is 16.3 Å². The first-order valence-electron chi connectivity index (χ1n) is 1.99. The van der Waals surface area contributed by atoms with Crippen LogP contribution < -0.4 is 0 Å². The maximum atomic E-state index is 3.61. The molecule has 0 fully saturated rings. The lowest BCUT2D eigenvalue weighted by molar-refractivity contribution is 0.864. The molecule has 0 bridgehead atoms. The fourth-order valence-corrected chi connectivity index (χ4v) is 0. The van der Waals surface area contributed by atoms with Crippen molar-refractivity contribution in [3.8, 4) is 0 Å². The van der Waals surface area contributed by atoms with Crippen LogP contribution in [0.15, 0.2) is 12.7 Å². The molecule has 0 aliphatic rings. The van der Waals surface area contributed by atoms with E-state index in [-0.39, 0.29) is 5.70 Å². The predicted molar refractivity (Wildman–Crippen MR) is 32.1 cm³/mol. The molecule has 0 aromatic carbocycles. The first-order chi connectivity index (χ1) is 2.56. The normalized spacial score (nSPS) is 11.0. The standard InChI is InChI=1S/C5H9.Al.H2/c1-4-5(2)3;;/h4H,1H2,2-3H3;;1H. The Kier molecular flexibility index (Phi) is 1.90. The first-order valence-corrected chi connectivity index (χ1v) is 2.56. The Bertz CT molecular complexity index is 53.6. The van der Waals surface area contributed by atoms with Gasteiger partial charge in [0.05, 0.1) is 0 Å². The maximum absolute atomic E-state index is 3.61. The molecule has 1 heteroatoms. The summed E-state index contributed by atoms with van der Waals surface area (Å²) in [6.45, 7) is 7.79. The summed E-state index contributed by atoms with van der Waals surface area (Å²) < 4.78 is 0.222. The van der Waals surface area contributed by atoms with Crippen molar-refractivity contribution in [1.29, 1.82) is 0 Å². The van der Waals surface area contributed by atoms with Gasteiger partial charge in [0.2, 0.25) is 0 Å². The monoisotopic (exact) mass is 98.1 g/mol. The van der Waals surface area contributed by atoms with Gasteiger partial charge < -0.3 is 0 Å². The van der Waals surface area contributed by atoms with Crippen molar-refractivity contribution in [3.63, 3.8) is 0 Å². The van der Waals surface area contributed by atoms with Crippen molar-refractivity contribution in [3.05, 3.63) is 12.7 Å². The van der Waals surface area contributed by atoms with Crippen LogP contribution in [0, 0.1) is 0 Å². The smallest absolute Gasteiger partial charge is 0.104 e. The summed E-state index contributed by atoms with van der Waals surface area (Å²) in [5, 5.41) is 0. The molecular weight excluding hydrogens is 87.0 g/mol. The molecule has 0 aliphatic carbocycles. The van der Waals surface area contributed by atoms with E-state index >= 15 is 0 Å². The largest absolute Gasteiger partial charge is 0.135 e. The summed E-state index contributed by atoms with van der Waals surface area (Å²) in [5.41, 5.74) is 0. The van der Waals surface area contributed by atoms with Gasteiger partial charge in [0.15, 0.2) is 0 Å². The second kappa shape index (κ2) is 1.82. The van der Waals surface area contributed by atoms with E-state index in [1.807, 2.05) is 6.08 Å². The van der Waals surface area contributed by atoms with Gasteiger partial charge in [-0.05, 0) is 0 Å². The van der Waals surface area contributed by atoms with Gasteiger partial charge in [0.1, 0.15) is 16.3 Å². The van der Waals surface area contributed by atoms with Gasteiger partial charge in [0.25, 0.3) is 0 Å². The molecule has 0 saturated carbocycles. The highest BCUT2D eigenvalue weighted by Crippen LogP contribution is 2.17. The van der Waals surface area contributed by atoms with Gasteiger partial charge in [-0.2, -0.15) is 0 Å². The Morgan fingerprint density at radius 2 is 2.00 bits per heavy atom. The molecular formula is C5H11Al. The van der Waals surface area contributed by atoms with E-state index in [4.69, 9.17) is 0 Å². The van der Waals surface area contributed by atoms with E-state index in [1.54, 1.807) is 0 Å². The zero-order valence-electron chi connectivity index (χ0n) is 4.36. The Balaban J connectivity index is 0. The van der Waals surface area contributed by atoms with E-state index < -0.39 is 0 Å². The van der Waals surface area contributed by atoms with E-state index in [0.29, 0.717) is 0 Å². The van der Waals surface area contributed by atoms with Gasteiger partial charge in [-0.25, -0.2) is 0 Å². The second-order valence-corrected chi connectivity index (χ2v) is 3.51. The van der Waals surface area contributed by atoms with Gasteiger partial charge in [-0.15, -0.1) is 12.7 Å². The van der Waals surface area contributed by atoms with Crippen LogP contribution in [0.25, 0.3) is 0 Å². The fraction of sp³-hybridized carbons (Fsp3) is 0.600. The molecule has 2 radical (unpaired) electrons. The minimum absolute atomic E-state index is 0. The lowest BCUT2D eigenvalue weighted by atomic mass is 10.2. The summed E-state index contributed by atoms with van der Waals surface area (Å²) in [5.74, 6) is 0. The van der Waals surface area contributed by atoms with Crippen molar-refractivity contribution in [1.82, 2.24) is 0 Å². The molecule has 0 aliphatic heterocycles. The summed E-state index contributed by atoms with van der Waals surface area (Å²) in [6.07, 6.45) is 1.90. The lowest BCUT2D eigenvalue weighted by Gasteiger charge is -2.09. The zero-order chi connectivity index (χ0) is 5.21. The minimum atomic E-state index is 0. The molecule has 0 N–H and O–H groups in total. The van der Waals surface area contributed by atoms with E-state index in [2.05, 4.69) is 36.7 Å². The minimum Gasteiger partial charge on any atom is -0.104 e. The highest BCUT2D eigenvalue weighted by Gasteiger charge is 1.98. The Labute approximate surface area is 49.2 Å². The van der Waals surface area contributed by atoms with E-state index in [1.165, 1.54) is 0 Å². The summed E-state index contributed by atoms with van der Waals surface area (Å²) >= 11 is 2.67. The molecule has 0 saturated heterocycles. The van der Waals surface area contributed by atoms with Crippen LogP contribution in [0.3, 0.4) is 0 Å². The molecule has 0 atom stereocenters. The Morgan fingerprint density at radius 3 is 2.00 bits per heavy atom. The number of hydrogen-bond acceptors (Lipinski definition) is 0. The maximum Gasteiger partial charge on any atom is 0.135 e. The zero-order valence-corrected chi connectivity index (χ0v) is 5.52. The van der Waals surface area contributed by atoms with Gasteiger partial charge >= 0.3 is 0 Å². The van der Waals surface area contributed by atoms with E-state index in [9.17, 15) is 0 Å². The number of allylic oxidation sites excluding steroid dienone is 1. The van der Waals surface area contributed by atoms with Gasteiger partial charge in [-0.3, -0.25) is 0 Å². The van der Waals surface area contributed by atoms with Crippen LogP contribution in [0.5, 0.6) is 0 Å². The average Bonchev–Trinajstić information content (AvgIpc) is 1.35. The highest BCUT2D eigenvalue weighted by molar-refractivity contribution is 6.15. The molecule has 0 nitrogen and oxygen atoms in total. The van der Waals surface area contributed by atoms with E-state index in [0.717, 1.165) is 0 Å². The Hall–Kier alpha value is 0.272. The van der Waals surface area contributed by atoms with Crippen molar-refractivity contribution < 1.29 is 1.43 Å². The average molecular weight is 98.1 g/mol. The molecule has 34 valence electrons. The van der Waals surface area contributed by atoms with Crippen LogP contribution in [-0.2, 0) is 0 Å². The molecule has 0 spiro atoms. The molecule has 0 unspecified atom stereocenters. The van der Waals surface area contributed by atoms with Gasteiger partial charge in [-0.1, -0.05) is 18.1 Å². The Morgan fingerprint density at radius 1 is 1.83 bits per heavy atom. The van der Waals surface area contributed by atoms with Crippen LogP contribution in [0.4, 0.5) is 0 Å². The SMILES string of the molecule is C=C[C](C)(C)[Al].[HH]. The summed E-state index contributed by atoms with van der Waals surface area (Å²) in [7, 11) is 0. The third-order valence-electron chi connectivity index (χ3n) is 0.526. The third kappa shape index (κ3) is 4.27. The third-order valence-corrected chi connectivity index (χ3v) is 0.762. The van der Waals surface area contributed by atoms with Crippen molar-refractivity contribution in [2.45, 2.75) is 18.1 Å². The summed E-state index contributed by atoms with van der Waals surface area (Å²) in [4.78, 5) is 0. The number of hydrogen-bond donors (Lipinski definition) is 0. The fourth-order valence-electron chi connectivity index (χ4n) is 0. The lowest BCUT2D eigenvalue weighted by Crippen LogP contribution is -1.93. The van der Waals surface area contributed by atoms with Crippen molar-refractivity contribution in [2.75, 3.05) is 0 Å². The molecule has 0 aromatic rings. The van der Waals surface area contributed by atoms with Crippen LogP contribution in [0.2, 0.25) is 4.28 Å². The van der Waals surface area contributed by atoms with Crippen molar-refractivity contribution in [2.24, 2.45) is 0 Å². The predicted octanol–water partition coefficient (Wildman–Crippen LogP) is 1.79. The molecule has 6 heavy (non-hydrogen) atoms. The second-order valence-electron chi connectivity index (χ2n) is 2.03. The first kappa shape index (κ1) is 6.27. The van der Waals surface area contributed by atoms with Crippen LogP contribution in [0.1, 0.15) is 15.3 Å². The molecule has 0 heterocycles. The molecule has 0 rings (SSSR count). The van der Waals surface area contributed by atoms with Crippen LogP contribution >= 0.6 is 0 Å². The highest BCUT2D eigenvalue weighted by atomic mass is 27.0. The molecule has 0 amide bonds. The van der Waals surface area contributed by atoms with Gasteiger partial charge in [0, 0.05) is 1.43 Å². The quantitative estimate of drug-likeness (QED) is 0.346. The summed E-state index contributed by atoms with van der Waals surface area (Å²) in [6, 6.07) is 0.